The minimum Gasteiger partial charge on any atom is -0.312 e. The molecule has 0 fully saturated rings. The number of rotatable bonds is 2. The van der Waals surface area contributed by atoms with Gasteiger partial charge in [-0.2, -0.15) is 0 Å². The molecule has 1 N–H and O–H groups in total. The molecule has 1 aliphatic heterocycles. The van der Waals surface area contributed by atoms with Crippen LogP contribution in [-0.2, 0) is 23.0 Å². The van der Waals surface area contributed by atoms with Crippen molar-refractivity contribution < 1.29 is 8.42 Å². The standard InChI is InChI=1S/C18H18N2O2S/c1-13-3-2-4-18-17(13)8-10-20(18)23(21,22)16-6-5-14-7-9-19-12-15(14)11-16/h2-6,8,10-11,19H,7,9,12H2,1H3. The van der Waals surface area contributed by atoms with Crippen molar-refractivity contribution in [1.29, 1.82) is 0 Å². The van der Waals surface area contributed by atoms with Gasteiger partial charge in [-0.1, -0.05) is 18.2 Å². The monoisotopic (exact) mass is 326 g/mol. The predicted molar refractivity (Wildman–Crippen MR) is 91.1 cm³/mol. The summed E-state index contributed by atoms with van der Waals surface area (Å²) in [6.07, 6.45) is 2.59. The molecule has 1 aromatic heterocycles. The SMILES string of the molecule is Cc1cccc2c1ccn2S(=O)(=O)c1ccc2c(c1)CNCC2. The van der Waals surface area contributed by atoms with Crippen molar-refractivity contribution >= 4 is 20.9 Å². The molecule has 0 atom stereocenters. The summed E-state index contributed by atoms with van der Waals surface area (Å²) in [6.45, 7) is 3.66. The maximum Gasteiger partial charge on any atom is 0.268 e. The quantitative estimate of drug-likeness (QED) is 0.788. The summed E-state index contributed by atoms with van der Waals surface area (Å²) in [7, 11) is -3.58. The molecule has 1 aliphatic rings. The maximum absolute atomic E-state index is 13.0. The van der Waals surface area contributed by atoms with E-state index < -0.39 is 10.0 Å². The number of hydrogen-bond donors (Lipinski definition) is 1. The van der Waals surface area contributed by atoms with Gasteiger partial charge in [-0.05, 0) is 60.8 Å². The van der Waals surface area contributed by atoms with Crippen molar-refractivity contribution in [3.8, 4) is 0 Å². The van der Waals surface area contributed by atoms with Crippen molar-refractivity contribution in [3.05, 3.63) is 65.4 Å². The van der Waals surface area contributed by atoms with Crippen LogP contribution in [0.1, 0.15) is 16.7 Å². The molecule has 4 rings (SSSR count). The van der Waals surface area contributed by atoms with E-state index in [2.05, 4.69) is 5.32 Å². The first-order chi connectivity index (χ1) is 11.1. The summed E-state index contributed by atoms with van der Waals surface area (Å²) >= 11 is 0. The number of fused-ring (bicyclic) bond motifs is 2. The summed E-state index contributed by atoms with van der Waals surface area (Å²) in [6, 6.07) is 13.1. The van der Waals surface area contributed by atoms with Crippen LogP contribution >= 0.6 is 0 Å². The summed E-state index contributed by atoms with van der Waals surface area (Å²) in [5, 5.41) is 4.26. The van der Waals surface area contributed by atoms with Crippen LogP contribution in [0.25, 0.3) is 10.9 Å². The van der Waals surface area contributed by atoms with Gasteiger partial charge in [-0.25, -0.2) is 12.4 Å². The number of aromatic nitrogens is 1. The summed E-state index contributed by atoms with van der Waals surface area (Å²) in [4.78, 5) is 0.346. The van der Waals surface area contributed by atoms with Gasteiger partial charge in [0.05, 0.1) is 10.4 Å². The van der Waals surface area contributed by atoms with Crippen LogP contribution in [-0.4, -0.2) is 18.9 Å². The average molecular weight is 326 g/mol. The first kappa shape index (κ1) is 14.5. The molecule has 2 aromatic carbocycles. The lowest BCUT2D eigenvalue weighted by molar-refractivity contribution is 0.588. The molecular formula is C18H18N2O2S. The van der Waals surface area contributed by atoms with E-state index in [1.807, 2.05) is 37.3 Å². The van der Waals surface area contributed by atoms with E-state index >= 15 is 0 Å². The van der Waals surface area contributed by atoms with E-state index in [4.69, 9.17) is 0 Å². The lowest BCUT2D eigenvalue weighted by Crippen LogP contribution is -2.24. The Hall–Kier alpha value is -2.11. The molecule has 23 heavy (non-hydrogen) atoms. The third-order valence-corrected chi connectivity index (χ3v) is 6.22. The van der Waals surface area contributed by atoms with E-state index in [0.29, 0.717) is 4.90 Å². The van der Waals surface area contributed by atoms with Crippen molar-refractivity contribution in [3.63, 3.8) is 0 Å². The van der Waals surface area contributed by atoms with Crippen LogP contribution in [0.5, 0.6) is 0 Å². The number of nitrogens with zero attached hydrogens (tertiary/aromatic N) is 1. The summed E-state index contributed by atoms with van der Waals surface area (Å²) < 4.78 is 27.5. The van der Waals surface area contributed by atoms with Gasteiger partial charge in [-0.3, -0.25) is 0 Å². The zero-order valence-corrected chi connectivity index (χ0v) is 13.7. The zero-order valence-electron chi connectivity index (χ0n) is 12.9. The molecule has 0 spiro atoms. The van der Waals surface area contributed by atoms with Gasteiger partial charge in [0, 0.05) is 18.1 Å². The number of hydrogen-bond acceptors (Lipinski definition) is 3. The molecular weight excluding hydrogens is 308 g/mol. The number of benzene rings is 2. The molecule has 118 valence electrons. The fourth-order valence-electron chi connectivity index (χ4n) is 3.24. The second kappa shape index (κ2) is 5.22. The van der Waals surface area contributed by atoms with E-state index in [-0.39, 0.29) is 0 Å². The second-order valence-electron chi connectivity index (χ2n) is 5.98. The zero-order chi connectivity index (χ0) is 16.0. The topological polar surface area (TPSA) is 51.1 Å². The Bertz CT molecular complexity index is 1000. The molecule has 4 nitrogen and oxygen atoms in total. The van der Waals surface area contributed by atoms with Gasteiger partial charge in [0.1, 0.15) is 0 Å². The number of aryl methyl sites for hydroxylation is 1. The van der Waals surface area contributed by atoms with Crippen LogP contribution in [0.15, 0.2) is 53.6 Å². The Balaban J connectivity index is 1.88. The lowest BCUT2D eigenvalue weighted by atomic mass is 10.0. The van der Waals surface area contributed by atoms with Gasteiger partial charge < -0.3 is 5.32 Å². The van der Waals surface area contributed by atoms with Crippen molar-refractivity contribution in [1.82, 2.24) is 9.29 Å². The van der Waals surface area contributed by atoms with Crippen LogP contribution in [0.2, 0.25) is 0 Å². The van der Waals surface area contributed by atoms with Crippen LogP contribution < -0.4 is 5.32 Å². The highest BCUT2D eigenvalue weighted by molar-refractivity contribution is 7.90. The van der Waals surface area contributed by atoms with Crippen LogP contribution in [0, 0.1) is 6.92 Å². The molecule has 0 unspecified atom stereocenters. The largest absolute Gasteiger partial charge is 0.312 e. The smallest absolute Gasteiger partial charge is 0.268 e. The molecule has 3 aromatic rings. The van der Waals surface area contributed by atoms with Gasteiger partial charge in [0.15, 0.2) is 0 Å². The summed E-state index contributed by atoms with van der Waals surface area (Å²) in [5.41, 5.74) is 4.10. The molecule has 5 heteroatoms. The molecule has 0 amide bonds. The maximum atomic E-state index is 13.0. The van der Waals surface area contributed by atoms with Gasteiger partial charge in [-0.15, -0.1) is 0 Å². The normalized spacial score (nSPS) is 14.8. The number of nitrogens with one attached hydrogen (secondary N) is 1. The Morgan fingerprint density at radius 3 is 2.83 bits per heavy atom. The highest BCUT2D eigenvalue weighted by Crippen LogP contribution is 2.26. The molecule has 0 radical (unpaired) electrons. The molecule has 2 heterocycles. The Kier molecular flexibility index (Phi) is 3.28. The molecule has 0 bridgehead atoms. The fourth-order valence-corrected chi connectivity index (χ4v) is 4.63. The third-order valence-electron chi connectivity index (χ3n) is 4.54. The first-order valence-corrected chi connectivity index (χ1v) is 9.16. The fraction of sp³-hybridized carbons (Fsp3) is 0.222. The Labute approximate surface area is 135 Å². The van der Waals surface area contributed by atoms with Crippen molar-refractivity contribution in [2.45, 2.75) is 24.8 Å². The van der Waals surface area contributed by atoms with E-state index in [0.717, 1.165) is 41.5 Å². The molecule has 0 saturated heterocycles. The van der Waals surface area contributed by atoms with Crippen molar-refractivity contribution in [2.24, 2.45) is 0 Å². The Morgan fingerprint density at radius 1 is 1.09 bits per heavy atom. The van der Waals surface area contributed by atoms with Gasteiger partial charge in [0.2, 0.25) is 0 Å². The van der Waals surface area contributed by atoms with Gasteiger partial charge >= 0.3 is 0 Å². The van der Waals surface area contributed by atoms with Gasteiger partial charge in [0.25, 0.3) is 10.0 Å². The first-order valence-electron chi connectivity index (χ1n) is 7.72. The second-order valence-corrected chi connectivity index (χ2v) is 7.80. The van der Waals surface area contributed by atoms with E-state index in [1.165, 1.54) is 9.54 Å². The summed E-state index contributed by atoms with van der Waals surface area (Å²) in [5.74, 6) is 0. The molecule has 0 saturated carbocycles. The van der Waals surface area contributed by atoms with E-state index in [9.17, 15) is 8.42 Å². The van der Waals surface area contributed by atoms with Crippen LogP contribution in [0.3, 0.4) is 0 Å². The minimum absolute atomic E-state index is 0.346. The third kappa shape index (κ3) is 2.28. The minimum atomic E-state index is -3.58. The lowest BCUT2D eigenvalue weighted by Gasteiger charge is -2.18. The van der Waals surface area contributed by atoms with Crippen LogP contribution in [0.4, 0.5) is 0 Å². The highest BCUT2D eigenvalue weighted by Gasteiger charge is 2.21. The molecule has 0 aliphatic carbocycles. The highest BCUT2D eigenvalue weighted by atomic mass is 32.2. The Morgan fingerprint density at radius 2 is 1.96 bits per heavy atom. The predicted octanol–water partition coefficient (Wildman–Crippen LogP) is 2.83. The van der Waals surface area contributed by atoms with E-state index in [1.54, 1.807) is 18.3 Å². The average Bonchev–Trinajstić information content (AvgIpc) is 3.00. The van der Waals surface area contributed by atoms with Crippen molar-refractivity contribution in [2.75, 3.05) is 6.54 Å².